The molecule has 0 saturated carbocycles. The highest BCUT2D eigenvalue weighted by Gasteiger charge is 2.47. The molecule has 4 atom stereocenters. The third kappa shape index (κ3) is 8.00. The largest absolute Gasteiger partial charge is 0.389 e. The van der Waals surface area contributed by atoms with Crippen molar-refractivity contribution in [2.24, 2.45) is 11.8 Å². The summed E-state index contributed by atoms with van der Waals surface area (Å²) in [5.41, 5.74) is 0.643. The molecule has 1 aromatic carbocycles. The van der Waals surface area contributed by atoms with E-state index >= 15 is 0 Å². The molecule has 2 heterocycles. The maximum atomic E-state index is 12.6. The van der Waals surface area contributed by atoms with Crippen LogP contribution in [0.5, 0.6) is 0 Å². The highest BCUT2D eigenvalue weighted by Crippen LogP contribution is 2.46. The van der Waals surface area contributed by atoms with E-state index in [0.29, 0.717) is 56.0 Å². The van der Waals surface area contributed by atoms with Gasteiger partial charge in [-0.05, 0) is 69.4 Å². The second-order valence-corrected chi connectivity index (χ2v) is 9.55. The van der Waals surface area contributed by atoms with Crippen molar-refractivity contribution in [1.29, 1.82) is 0 Å². The normalized spacial score (nSPS) is 23.0. The van der Waals surface area contributed by atoms with Crippen molar-refractivity contribution < 1.29 is 24.2 Å². The Hall–Kier alpha value is -2.51. The Bertz CT molecular complexity index is 856. The lowest BCUT2D eigenvalue weighted by Gasteiger charge is -2.27. The summed E-state index contributed by atoms with van der Waals surface area (Å²) >= 11 is 0. The molecular formula is C28H40N2O5. The maximum absolute atomic E-state index is 12.6. The van der Waals surface area contributed by atoms with Crippen LogP contribution in [0.3, 0.4) is 0 Å². The third-order valence-corrected chi connectivity index (χ3v) is 7.27. The molecule has 0 aromatic heterocycles. The Labute approximate surface area is 208 Å². The number of benzene rings is 1. The van der Waals surface area contributed by atoms with E-state index in [2.05, 4.69) is 17.5 Å². The molecule has 2 fully saturated rings. The molecule has 35 heavy (non-hydrogen) atoms. The van der Waals surface area contributed by atoms with Crippen LogP contribution in [0.25, 0.3) is 0 Å². The van der Waals surface area contributed by atoms with Crippen LogP contribution < -0.4 is 5.32 Å². The molecule has 0 aliphatic carbocycles. The van der Waals surface area contributed by atoms with Gasteiger partial charge in [0.2, 0.25) is 5.91 Å². The number of Topliss-reactive ketones (excluding diaryl/α,β-unsaturated/α-hetero) is 1. The lowest BCUT2D eigenvalue weighted by atomic mass is 9.76. The molecule has 2 saturated heterocycles. The van der Waals surface area contributed by atoms with Crippen molar-refractivity contribution in [2.45, 2.75) is 70.5 Å². The number of nitrogens with zero attached hydrogens (tertiary/aromatic N) is 1. The van der Waals surface area contributed by atoms with Gasteiger partial charge in [0.1, 0.15) is 6.61 Å². The Kier molecular flexibility index (Phi) is 10.9. The summed E-state index contributed by atoms with van der Waals surface area (Å²) in [5, 5.41) is 11.8. The van der Waals surface area contributed by atoms with Gasteiger partial charge in [0.05, 0.1) is 12.2 Å². The van der Waals surface area contributed by atoms with E-state index in [0.717, 1.165) is 38.5 Å². The number of rotatable bonds is 15. The number of carbonyl (C=O) groups is 3. The van der Waals surface area contributed by atoms with E-state index in [4.69, 9.17) is 9.84 Å². The number of carbonyl (C=O) groups excluding carboxylic acids is 3. The fraction of sp³-hybridized carbons (Fsp3) is 0.607. The molecular weight excluding hydrogens is 444 g/mol. The SMILES string of the molecule is CCN(CCC(=O)NCC[C@H]1[C@@H](CC=CCCCC(=O)CO)[C@H]2CC[C@@H]1O2)C(=O)c1ccccc1. The van der Waals surface area contributed by atoms with E-state index in [9.17, 15) is 14.4 Å². The predicted molar refractivity (Wildman–Crippen MR) is 135 cm³/mol. The maximum Gasteiger partial charge on any atom is 0.253 e. The number of hydrogen-bond donors (Lipinski definition) is 2. The minimum Gasteiger partial charge on any atom is -0.389 e. The molecule has 0 unspecified atom stereocenters. The van der Waals surface area contributed by atoms with E-state index in [1.807, 2.05) is 25.1 Å². The fourth-order valence-corrected chi connectivity index (χ4v) is 5.33. The Balaban J connectivity index is 1.37. The highest BCUT2D eigenvalue weighted by atomic mass is 16.5. The minimum atomic E-state index is -0.368. The number of amides is 2. The molecule has 2 aliphatic rings. The molecule has 7 nitrogen and oxygen atoms in total. The molecule has 0 radical (unpaired) electrons. The molecule has 192 valence electrons. The summed E-state index contributed by atoms with van der Waals surface area (Å²) in [7, 11) is 0. The molecule has 0 spiro atoms. The van der Waals surface area contributed by atoms with Crippen LogP contribution in [0.1, 0.15) is 68.6 Å². The van der Waals surface area contributed by atoms with Gasteiger partial charge in [0.15, 0.2) is 5.78 Å². The van der Waals surface area contributed by atoms with Crippen LogP contribution in [0.2, 0.25) is 0 Å². The van der Waals surface area contributed by atoms with E-state index in [1.165, 1.54) is 0 Å². The number of aliphatic hydroxyl groups is 1. The number of hydrogen-bond acceptors (Lipinski definition) is 5. The topological polar surface area (TPSA) is 95.9 Å². The Morgan fingerprint density at radius 3 is 2.54 bits per heavy atom. The molecule has 3 rings (SSSR count). The van der Waals surface area contributed by atoms with Crippen LogP contribution in [0.4, 0.5) is 0 Å². The Morgan fingerprint density at radius 2 is 1.83 bits per heavy atom. The summed E-state index contributed by atoms with van der Waals surface area (Å²) in [6.45, 7) is 3.16. The number of fused-ring (bicyclic) bond motifs is 2. The van der Waals surface area contributed by atoms with E-state index in [-0.39, 0.29) is 30.3 Å². The first-order valence-corrected chi connectivity index (χ1v) is 13.1. The summed E-state index contributed by atoms with van der Waals surface area (Å²) in [5.74, 6) is 0.743. The van der Waals surface area contributed by atoms with Gasteiger partial charge in [-0.15, -0.1) is 0 Å². The first-order valence-electron chi connectivity index (χ1n) is 13.1. The summed E-state index contributed by atoms with van der Waals surface area (Å²) in [6.07, 6.45) is 11.3. The number of allylic oxidation sites excluding steroid dienone is 2. The lowest BCUT2D eigenvalue weighted by molar-refractivity contribution is -0.122. The summed E-state index contributed by atoms with van der Waals surface area (Å²) < 4.78 is 6.18. The van der Waals surface area contributed by atoms with Crippen molar-refractivity contribution in [3.05, 3.63) is 48.0 Å². The smallest absolute Gasteiger partial charge is 0.253 e. The standard InChI is InChI=1S/C28H40N2O5/c1-2-30(28(34)21-10-6-5-7-11-21)19-17-27(33)29-18-16-24-23(25-14-15-26(24)35-25)13-9-4-3-8-12-22(32)20-31/h4-7,9-11,23-26,31H,2-3,8,12-20H2,1H3,(H,29,33)/t23-,24+,25-,26+/m1/s1. The van der Waals surface area contributed by atoms with Crippen molar-refractivity contribution in [3.63, 3.8) is 0 Å². The lowest BCUT2D eigenvalue weighted by Crippen LogP contribution is -2.36. The summed E-state index contributed by atoms with van der Waals surface area (Å²) in [6, 6.07) is 9.17. The van der Waals surface area contributed by atoms with Gasteiger partial charge < -0.3 is 20.1 Å². The zero-order valence-electron chi connectivity index (χ0n) is 20.9. The molecule has 1 aromatic rings. The van der Waals surface area contributed by atoms with Crippen LogP contribution >= 0.6 is 0 Å². The minimum absolute atomic E-state index is 0.0257. The average molecular weight is 485 g/mol. The fourth-order valence-electron chi connectivity index (χ4n) is 5.33. The van der Waals surface area contributed by atoms with E-state index in [1.54, 1.807) is 17.0 Å². The van der Waals surface area contributed by atoms with Gasteiger partial charge in [-0.2, -0.15) is 0 Å². The number of unbranched alkanes of at least 4 members (excludes halogenated alkanes) is 1. The van der Waals surface area contributed by atoms with Crippen molar-refractivity contribution in [3.8, 4) is 0 Å². The van der Waals surface area contributed by atoms with Gasteiger partial charge >= 0.3 is 0 Å². The average Bonchev–Trinajstić information content (AvgIpc) is 3.49. The zero-order valence-corrected chi connectivity index (χ0v) is 20.9. The quantitative estimate of drug-likeness (QED) is 0.293. The van der Waals surface area contributed by atoms with Crippen molar-refractivity contribution >= 4 is 17.6 Å². The molecule has 2 N–H and O–H groups in total. The zero-order chi connectivity index (χ0) is 25.0. The molecule has 7 heteroatoms. The van der Waals surface area contributed by atoms with E-state index < -0.39 is 0 Å². The number of aliphatic hydroxyl groups excluding tert-OH is 1. The second kappa shape index (κ2) is 14.1. The van der Waals surface area contributed by atoms with Gasteiger partial charge in [0.25, 0.3) is 5.91 Å². The number of ether oxygens (including phenoxy) is 1. The second-order valence-electron chi connectivity index (χ2n) is 9.55. The molecule has 2 aliphatic heterocycles. The van der Waals surface area contributed by atoms with Crippen molar-refractivity contribution in [2.75, 3.05) is 26.2 Å². The van der Waals surface area contributed by atoms with Crippen LogP contribution in [0, 0.1) is 11.8 Å². The Morgan fingerprint density at radius 1 is 1.09 bits per heavy atom. The molecule has 2 bridgehead atoms. The monoisotopic (exact) mass is 484 g/mol. The number of nitrogens with one attached hydrogen (secondary N) is 1. The first kappa shape index (κ1) is 27.1. The van der Waals surface area contributed by atoms with Gasteiger partial charge in [-0.25, -0.2) is 0 Å². The summed E-state index contributed by atoms with van der Waals surface area (Å²) in [4.78, 5) is 38.0. The number of ketones is 1. The first-order chi connectivity index (χ1) is 17.0. The van der Waals surface area contributed by atoms with Crippen LogP contribution in [0.15, 0.2) is 42.5 Å². The molecule has 2 amide bonds. The van der Waals surface area contributed by atoms with Gasteiger partial charge in [0, 0.05) is 38.0 Å². The predicted octanol–water partition coefficient (Wildman–Crippen LogP) is 3.52. The van der Waals surface area contributed by atoms with Crippen LogP contribution in [-0.2, 0) is 14.3 Å². The third-order valence-electron chi connectivity index (χ3n) is 7.27. The van der Waals surface area contributed by atoms with Crippen LogP contribution in [-0.4, -0.2) is 66.1 Å². The van der Waals surface area contributed by atoms with Crippen molar-refractivity contribution in [1.82, 2.24) is 10.2 Å². The van der Waals surface area contributed by atoms with Gasteiger partial charge in [-0.1, -0.05) is 30.4 Å². The van der Waals surface area contributed by atoms with Gasteiger partial charge in [-0.3, -0.25) is 14.4 Å². The highest BCUT2D eigenvalue weighted by molar-refractivity contribution is 5.94.